The van der Waals surface area contributed by atoms with Crippen LogP contribution in [0.1, 0.15) is 23.8 Å². The second-order valence-electron chi connectivity index (χ2n) is 7.50. The summed E-state index contributed by atoms with van der Waals surface area (Å²) in [5.41, 5.74) is 2.40. The zero-order valence-corrected chi connectivity index (χ0v) is 15.9. The maximum absolute atomic E-state index is 5.43. The lowest BCUT2D eigenvalue weighted by Gasteiger charge is -2.23. The number of ether oxygens (including phenoxy) is 1. The smallest absolute Gasteiger partial charge is 0.227 e. The number of quaternary nitrogens is 1. The molecule has 26 heavy (non-hydrogen) atoms. The van der Waals surface area contributed by atoms with E-state index >= 15 is 0 Å². The molecule has 0 bridgehead atoms. The van der Waals surface area contributed by atoms with Crippen molar-refractivity contribution in [2.45, 2.75) is 26.2 Å². The normalized spacial score (nSPS) is 21.3. The summed E-state index contributed by atoms with van der Waals surface area (Å²) in [6, 6.07) is 0. The number of fused-ring (bicyclic) bond motifs is 5. The number of aromatic nitrogens is 4. The van der Waals surface area contributed by atoms with Gasteiger partial charge in [0.2, 0.25) is 5.95 Å². The van der Waals surface area contributed by atoms with Crippen LogP contribution in [0.4, 0.5) is 5.95 Å². The van der Waals surface area contributed by atoms with E-state index in [1.807, 2.05) is 15.9 Å². The van der Waals surface area contributed by atoms with Gasteiger partial charge in [0.25, 0.3) is 0 Å². The zero-order valence-electron chi connectivity index (χ0n) is 15.1. The third kappa shape index (κ3) is 2.86. The Morgan fingerprint density at radius 2 is 2.27 bits per heavy atom. The van der Waals surface area contributed by atoms with Crippen molar-refractivity contribution in [2.75, 3.05) is 44.7 Å². The van der Waals surface area contributed by atoms with Gasteiger partial charge in [-0.05, 0) is 30.7 Å². The van der Waals surface area contributed by atoms with Crippen molar-refractivity contribution < 1.29 is 9.64 Å². The molecule has 1 fully saturated rings. The van der Waals surface area contributed by atoms with E-state index in [-0.39, 0.29) is 0 Å². The molecule has 2 aliphatic rings. The lowest BCUT2D eigenvalue weighted by molar-refractivity contribution is -0.906. The van der Waals surface area contributed by atoms with Crippen LogP contribution in [0.3, 0.4) is 0 Å². The van der Waals surface area contributed by atoms with E-state index in [0.29, 0.717) is 0 Å². The monoisotopic (exact) mass is 373 g/mol. The van der Waals surface area contributed by atoms with Crippen LogP contribution in [0.5, 0.6) is 0 Å². The van der Waals surface area contributed by atoms with Gasteiger partial charge >= 0.3 is 0 Å². The molecule has 4 heterocycles. The van der Waals surface area contributed by atoms with Crippen molar-refractivity contribution in [2.24, 2.45) is 5.92 Å². The van der Waals surface area contributed by atoms with Crippen LogP contribution in [-0.4, -0.2) is 59.0 Å². The molecule has 0 spiro atoms. The van der Waals surface area contributed by atoms with Gasteiger partial charge in [0.1, 0.15) is 24.2 Å². The van der Waals surface area contributed by atoms with Crippen LogP contribution in [0.2, 0.25) is 0 Å². The maximum Gasteiger partial charge on any atom is 0.227 e. The fourth-order valence-electron chi connectivity index (χ4n) is 4.14. The van der Waals surface area contributed by atoms with E-state index in [4.69, 9.17) is 9.72 Å². The summed E-state index contributed by atoms with van der Waals surface area (Å²) < 4.78 is 7.31. The first-order chi connectivity index (χ1) is 12.8. The largest absolute Gasteiger partial charge is 0.370 e. The molecule has 138 valence electrons. The quantitative estimate of drug-likeness (QED) is 0.708. The van der Waals surface area contributed by atoms with E-state index in [9.17, 15) is 0 Å². The van der Waals surface area contributed by atoms with Crippen LogP contribution in [0, 0.1) is 5.92 Å². The maximum atomic E-state index is 5.43. The zero-order chi connectivity index (χ0) is 17.5. The fourth-order valence-corrected chi connectivity index (χ4v) is 5.35. The van der Waals surface area contributed by atoms with Crippen LogP contribution in [0.15, 0.2) is 6.33 Å². The number of nitrogens with one attached hydrogen (secondary N) is 2. The Morgan fingerprint density at radius 3 is 3.15 bits per heavy atom. The molecule has 8 heteroatoms. The average Bonchev–Trinajstić information content (AvgIpc) is 3.26. The Balaban J connectivity index is 1.45. The van der Waals surface area contributed by atoms with Gasteiger partial charge in [-0.2, -0.15) is 9.61 Å². The molecular weight excluding hydrogens is 348 g/mol. The Kier molecular flexibility index (Phi) is 4.26. The summed E-state index contributed by atoms with van der Waals surface area (Å²) >= 11 is 1.84. The van der Waals surface area contributed by atoms with Crippen LogP contribution >= 0.6 is 11.3 Å². The molecule has 3 aromatic rings. The lowest BCUT2D eigenvalue weighted by atomic mass is 9.89. The predicted molar refractivity (Wildman–Crippen MR) is 102 cm³/mol. The highest BCUT2D eigenvalue weighted by atomic mass is 32.1. The van der Waals surface area contributed by atoms with Gasteiger partial charge in [0, 0.05) is 4.88 Å². The van der Waals surface area contributed by atoms with Gasteiger partial charge in [-0.3, -0.25) is 0 Å². The van der Waals surface area contributed by atoms with Gasteiger partial charge in [-0.25, -0.2) is 9.97 Å². The molecule has 1 aliphatic carbocycles. The molecule has 1 saturated heterocycles. The highest BCUT2D eigenvalue weighted by Gasteiger charge is 2.24. The van der Waals surface area contributed by atoms with Gasteiger partial charge in [-0.15, -0.1) is 11.3 Å². The molecule has 0 saturated carbocycles. The number of aryl methyl sites for hydroxylation is 1. The first kappa shape index (κ1) is 16.4. The molecule has 0 aromatic carbocycles. The number of morpholine rings is 1. The predicted octanol–water partition coefficient (Wildman–Crippen LogP) is 0.791. The summed E-state index contributed by atoms with van der Waals surface area (Å²) in [6.07, 6.45) is 5.22. The van der Waals surface area contributed by atoms with E-state index in [1.54, 1.807) is 11.2 Å². The summed E-state index contributed by atoms with van der Waals surface area (Å²) in [4.78, 5) is 13.7. The standard InChI is InChI=1S/C18H24N6OS/c1-12-2-3-14-13(10-12)15-16-20-11-21-24(16)18(22-17(15)26-14)19-4-5-23-6-8-25-9-7-23/h11-12H,2-10H2,1H3,(H,19,22)/p+1/t12-/m0/s1. The van der Waals surface area contributed by atoms with Crippen molar-refractivity contribution in [3.63, 3.8) is 0 Å². The molecule has 3 aromatic heterocycles. The molecule has 1 aliphatic heterocycles. The minimum Gasteiger partial charge on any atom is -0.370 e. The fraction of sp³-hybridized carbons (Fsp3) is 0.611. The summed E-state index contributed by atoms with van der Waals surface area (Å²) in [7, 11) is 0. The van der Waals surface area contributed by atoms with Crippen molar-refractivity contribution in [1.82, 2.24) is 19.6 Å². The van der Waals surface area contributed by atoms with Gasteiger partial charge in [0.05, 0.1) is 31.7 Å². The highest BCUT2D eigenvalue weighted by molar-refractivity contribution is 7.19. The number of hydrogen-bond acceptors (Lipinski definition) is 6. The summed E-state index contributed by atoms with van der Waals surface area (Å²) in [6.45, 7) is 8.19. The summed E-state index contributed by atoms with van der Waals surface area (Å²) in [5, 5.41) is 9.16. The van der Waals surface area contributed by atoms with E-state index in [1.165, 1.54) is 28.7 Å². The van der Waals surface area contributed by atoms with E-state index in [0.717, 1.165) is 68.2 Å². The molecule has 2 N–H and O–H groups in total. The Morgan fingerprint density at radius 1 is 1.38 bits per heavy atom. The van der Waals surface area contributed by atoms with Crippen LogP contribution in [-0.2, 0) is 17.6 Å². The molecule has 0 amide bonds. The van der Waals surface area contributed by atoms with Crippen molar-refractivity contribution in [3.8, 4) is 0 Å². The number of anilines is 1. The third-order valence-electron chi connectivity index (χ3n) is 5.63. The number of hydrogen-bond donors (Lipinski definition) is 2. The first-order valence-corrected chi connectivity index (χ1v) is 10.4. The van der Waals surface area contributed by atoms with Crippen LogP contribution < -0.4 is 10.2 Å². The number of rotatable bonds is 4. The third-order valence-corrected chi connectivity index (χ3v) is 6.82. The van der Waals surface area contributed by atoms with Gasteiger partial charge in [0.15, 0.2) is 5.65 Å². The molecule has 7 nitrogen and oxygen atoms in total. The highest BCUT2D eigenvalue weighted by Crippen LogP contribution is 2.39. The molecule has 5 rings (SSSR count). The van der Waals surface area contributed by atoms with E-state index in [2.05, 4.69) is 22.3 Å². The average molecular weight is 374 g/mol. The Hall–Kier alpha value is -1.77. The second-order valence-corrected chi connectivity index (χ2v) is 8.59. The second kappa shape index (κ2) is 6.75. The Labute approximate surface area is 156 Å². The molecule has 0 unspecified atom stereocenters. The number of thiophene rings is 1. The Bertz CT molecular complexity index is 929. The SMILES string of the molecule is C[C@H]1CCc2sc3nc(NCC[NH+]4CCOCC4)n4ncnc4c3c2C1. The lowest BCUT2D eigenvalue weighted by Crippen LogP contribution is -3.14. The first-order valence-electron chi connectivity index (χ1n) is 9.59. The van der Waals surface area contributed by atoms with Crippen molar-refractivity contribution >= 4 is 33.1 Å². The molecular formula is C18H25N6OS+. The molecule has 0 radical (unpaired) electrons. The van der Waals surface area contributed by atoms with Gasteiger partial charge < -0.3 is 15.0 Å². The number of nitrogens with zero attached hydrogens (tertiary/aromatic N) is 4. The van der Waals surface area contributed by atoms with Crippen molar-refractivity contribution in [3.05, 3.63) is 16.8 Å². The van der Waals surface area contributed by atoms with Gasteiger partial charge in [-0.1, -0.05) is 6.92 Å². The summed E-state index contributed by atoms with van der Waals surface area (Å²) in [5.74, 6) is 1.54. The molecule has 1 atom stereocenters. The van der Waals surface area contributed by atoms with Crippen LogP contribution in [0.25, 0.3) is 15.9 Å². The minimum absolute atomic E-state index is 0.734. The van der Waals surface area contributed by atoms with E-state index < -0.39 is 0 Å². The topological polar surface area (TPSA) is 68.8 Å². The van der Waals surface area contributed by atoms with Crippen molar-refractivity contribution in [1.29, 1.82) is 0 Å². The minimum atomic E-state index is 0.734.